The van der Waals surface area contributed by atoms with Crippen LogP contribution in [0.15, 0.2) is 0 Å². The topological polar surface area (TPSA) is 0 Å². The molecule has 0 fully saturated rings. The van der Waals surface area contributed by atoms with Crippen molar-refractivity contribution in [3.8, 4) is 0 Å². The average molecular weight is 210 g/mol. The van der Waals surface area contributed by atoms with E-state index in [0.29, 0.717) is 10.8 Å². The summed E-state index contributed by atoms with van der Waals surface area (Å²) in [5.74, 6) is 1.58. The molecule has 2 unspecified atom stereocenters. The Morgan fingerprint density at radius 1 is 0.933 bits per heavy atom. The Balaban J connectivity index is 4.96. The Hall–Kier alpha value is 0.0649. The summed E-state index contributed by atoms with van der Waals surface area (Å²) in [4.78, 5) is 0. The molecule has 0 aromatic heterocycles. The first-order chi connectivity index (χ1) is 6.51. The minimum Gasteiger partial charge on any atom is -0.0858 e. The highest BCUT2D eigenvalue weighted by Crippen LogP contribution is 2.47. The van der Waals surface area contributed by atoms with E-state index in [1.165, 1.54) is 6.32 Å². The quantitative estimate of drug-likeness (QED) is 0.559. The van der Waals surface area contributed by atoms with E-state index < -0.39 is 0 Å². The molecule has 0 aromatic carbocycles. The summed E-state index contributed by atoms with van der Waals surface area (Å²) in [6, 6.07) is 0. The van der Waals surface area contributed by atoms with Crippen LogP contribution in [0, 0.1) is 16.7 Å². The highest BCUT2D eigenvalue weighted by Gasteiger charge is 2.39. The van der Waals surface area contributed by atoms with Crippen molar-refractivity contribution in [1.29, 1.82) is 0 Å². The minimum absolute atomic E-state index is 0.418. The van der Waals surface area contributed by atoms with Gasteiger partial charge in [-0.1, -0.05) is 74.4 Å². The minimum atomic E-state index is 0.418. The summed E-state index contributed by atoms with van der Waals surface area (Å²) < 4.78 is 0. The molecular formula is C14H31B. The highest BCUT2D eigenvalue weighted by atomic mass is 14.4. The van der Waals surface area contributed by atoms with Crippen molar-refractivity contribution in [3.63, 3.8) is 0 Å². The van der Waals surface area contributed by atoms with Crippen LogP contribution in [-0.2, 0) is 0 Å². The third-order valence-electron chi connectivity index (χ3n) is 4.16. The van der Waals surface area contributed by atoms with E-state index in [1.807, 2.05) is 0 Å². The molecule has 2 atom stereocenters. The van der Waals surface area contributed by atoms with E-state index in [4.69, 9.17) is 0 Å². The molecule has 0 amide bonds. The first kappa shape index (κ1) is 15.1. The highest BCUT2D eigenvalue weighted by molar-refractivity contribution is 6.59. The fourth-order valence-electron chi connectivity index (χ4n) is 2.89. The Labute approximate surface area is 98.3 Å². The van der Waals surface area contributed by atoms with Gasteiger partial charge < -0.3 is 0 Å². The van der Waals surface area contributed by atoms with E-state index in [2.05, 4.69) is 62.2 Å². The SMILES string of the molecule is CCB(C)C(C(C)C(C)(C)C)C(C)(C)C. The van der Waals surface area contributed by atoms with E-state index in [0.717, 1.165) is 18.4 Å². The summed E-state index contributed by atoms with van der Waals surface area (Å²) in [6.45, 7) is 22.3. The fourth-order valence-corrected chi connectivity index (χ4v) is 2.89. The lowest BCUT2D eigenvalue weighted by atomic mass is 9.32. The Morgan fingerprint density at radius 2 is 1.33 bits per heavy atom. The van der Waals surface area contributed by atoms with Crippen molar-refractivity contribution in [3.05, 3.63) is 0 Å². The second kappa shape index (κ2) is 4.93. The molecule has 0 aliphatic rings. The van der Waals surface area contributed by atoms with Crippen molar-refractivity contribution >= 4 is 6.71 Å². The number of hydrogen-bond donors (Lipinski definition) is 0. The van der Waals surface area contributed by atoms with Gasteiger partial charge in [0.1, 0.15) is 6.71 Å². The van der Waals surface area contributed by atoms with Crippen LogP contribution in [0.5, 0.6) is 0 Å². The van der Waals surface area contributed by atoms with Crippen molar-refractivity contribution in [2.45, 2.75) is 74.4 Å². The van der Waals surface area contributed by atoms with Crippen LogP contribution in [-0.4, -0.2) is 6.71 Å². The Morgan fingerprint density at radius 3 is 1.53 bits per heavy atom. The first-order valence-electron chi connectivity index (χ1n) is 6.51. The molecule has 0 saturated heterocycles. The van der Waals surface area contributed by atoms with Gasteiger partial charge in [0.05, 0.1) is 0 Å². The monoisotopic (exact) mass is 210 g/mol. The summed E-state index contributed by atoms with van der Waals surface area (Å²) in [7, 11) is 0. The zero-order chi connectivity index (χ0) is 12.4. The summed E-state index contributed by atoms with van der Waals surface area (Å²) in [6.07, 6.45) is 1.29. The summed E-state index contributed by atoms with van der Waals surface area (Å²) in [5.41, 5.74) is 0.837. The van der Waals surface area contributed by atoms with E-state index in [-0.39, 0.29) is 0 Å². The molecule has 0 heterocycles. The first-order valence-corrected chi connectivity index (χ1v) is 6.51. The van der Waals surface area contributed by atoms with E-state index in [1.54, 1.807) is 0 Å². The summed E-state index contributed by atoms with van der Waals surface area (Å²) in [5, 5.41) is 0. The van der Waals surface area contributed by atoms with Gasteiger partial charge in [0.25, 0.3) is 0 Å². The van der Waals surface area contributed by atoms with Crippen molar-refractivity contribution in [2.75, 3.05) is 0 Å². The van der Waals surface area contributed by atoms with Gasteiger partial charge in [-0.3, -0.25) is 0 Å². The van der Waals surface area contributed by atoms with Crippen LogP contribution in [0.25, 0.3) is 0 Å². The normalized spacial score (nSPS) is 17.4. The summed E-state index contributed by atoms with van der Waals surface area (Å²) >= 11 is 0. The molecular weight excluding hydrogens is 179 g/mol. The smallest absolute Gasteiger partial charge is 0.0858 e. The van der Waals surface area contributed by atoms with Crippen LogP contribution >= 0.6 is 0 Å². The largest absolute Gasteiger partial charge is 0.140 e. The maximum Gasteiger partial charge on any atom is 0.140 e. The van der Waals surface area contributed by atoms with Crippen LogP contribution in [0.3, 0.4) is 0 Å². The molecule has 15 heavy (non-hydrogen) atoms. The molecule has 0 rings (SSSR count). The molecule has 0 aromatic rings. The van der Waals surface area contributed by atoms with Crippen LogP contribution in [0.4, 0.5) is 0 Å². The Kier molecular flexibility index (Phi) is 4.95. The lowest BCUT2D eigenvalue weighted by molar-refractivity contribution is 0.179. The predicted molar refractivity (Wildman–Crippen MR) is 73.9 cm³/mol. The van der Waals surface area contributed by atoms with Gasteiger partial charge in [0.15, 0.2) is 0 Å². The zero-order valence-corrected chi connectivity index (χ0v) is 12.4. The maximum absolute atomic E-state index is 2.43. The standard InChI is InChI=1S/C14H31B/c1-10-15(9)12(14(6,7)8)11(2)13(3,4)5/h11-12H,10H2,1-9H3. The van der Waals surface area contributed by atoms with Gasteiger partial charge >= 0.3 is 0 Å². The zero-order valence-electron chi connectivity index (χ0n) is 12.4. The third kappa shape index (κ3) is 4.21. The predicted octanol–water partition coefficient (Wildman–Crippen LogP) is 5.23. The second-order valence-electron chi connectivity index (χ2n) is 7.43. The van der Waals surface area contributed by atoms with Crippen LogP contribution in [0.2, 0.25) is 19.0 Å². The van der Waals surface area contributed by atoms with E-state index in [9.17, 15) is 0 Å². The van der Waals surface area contributed by atoms with Gasteiger partial charge in [-0.2, -0.15) is 0 Å². The second-order valence-corrected chi connectivity index (χ2v) is 7.43. The van der Waals surface area contributed by atoms with Crippen LogP contribution in [0.1, 0.15) is 55.4 Å². The van der Waals surface area contributed by atoms with Crippen molar-refractivity contribution in [1.82, 2.24) is 0 Å². The lowest BCUT2D eigenvalue weighted by Crippen LogP contribution is -2.37. The molecule has 0 N–H and O–H groups in total. The van der Waals surface area contributed by atoms with Gasteiger partial charge in [0.2, 0.25) is 0 Å². The molecule has 0 spiro atoms. The third-order valence-corrected chi connectivity index (χ3v) is 4.16. The molecule has 0 nitrogen and oxygen atoms in total. The van der Waals surface area contributed by atoms with E-state index >= 15 is 0 Å². The molecule has 90 valence electrons. The fraction of sp³-hybridized carbons (Fsp3) is 1.00. The molecule has 1 heteroatoms. The molecule has 0 aliphatic heterocycles. The lowest BCUT2D eigenvalue weighted by Gasteiger charge is -2.44. The number of rotatable bonds is 3. The van der Waals surface area contributed by atoms with Crippen LogP contribution < -0.4 is 0 Å². The molecule has 0 radical (unpaired) electrons. The van der Waals surface area contributed by atoms with Gasteiger partial charge in [-0.15, -0.1) is 0 Å². The molecule has 0 aliphatic carbocycles. The maximum atomic E-state index is 2.43. The Bertz CT molecular complexity index is 182. The molecule has 0 bridgehead atoms. The molecule has 0 saturated carbocycles. The van der Waals surface area contributed by atoms with Crippen molar-refractivity contribution < 1.29 is 0 Å². The van der Waals surface area contributed by atoms with Gasteiger partial charge in [-0.25, -0.2) is 0 Å². The number of hydrogen-bond acceptors (Lipinski definition) is 0. The van der Waals surface area contributed by atoms with Gasteiger partial charge in [-0.05, 0) is 16.7 Å². The van der Waals surface area contributed by atoms with Gasteiger partial charge in [0, 0.05) is 0 Å². The average Bonchev–Trinajstić information content (AvgIpc) is 1.99. The van der Waals surface area contributed by atoms with Crippen molar-refractivity contribution in [2.24, 2.45) is 16.7 Å².